The van der Waals surface area contributed by atoms with E-state index in [1.807, 2.05) is 0 Å². The number of hydrogen-bond donors (Lipinski definition) is 2. The van der Waals surface area contributed by atoms with Gasteiger partial charge >= 0.3 is 6.18 Å². The number of methoxy groups -OCH3 is 1. The van der Waals surface area contributed by atoms with Gasteiger partial charge < -0.3 is 14.8 Å². The number of aromatic amines is 1. The third-order valence-electron chi connectivity index (χ3n) is 4.30. The molecule has 1 aromatic heterocycles. The fourth-order valence-electron chi connectivity index (χ4n) is 3.09. The Kier molecular flexibility index (Phi) is 5.18. The van der Waals surface area contributed by atoms with Crippen LogP contribution in [0.4, 0.5) is 17.6 Å². The second-order valence-corrected chi connectivity index (χ2v) is 6.81. The lowest BCUT2D eigenvalue weighted by Gasteiger charge is -2.38. The van der Waals surface area contributed by atoms with Gasteiger partial charge in [0, 0.05) is 23.9 Å². The molecule has 0 spiro atoms. The molecule has 0 saturated heterocycles. The van der Waals surface area contributed by atoms with Gasteiger partial charge in [0.2, 0.25) is 0 Å². The maximum Gasteiger partial charge on any atom is 0.417 e. The monoisotopic (exact) mass is 359 g/mol. The van der Waals surface area contributed by atoms with Crippen molar-refractivity contribution in [2.24, 2.45) is 0 Å². The average molecular weight is 359 g/mol. The highest BCUT2D eigenvalue weighted by molar-refractivity contribution is 5.40. The van der Waals surface area contributed by atoms with Crippen LogP contribution in [0.2, 0.25) is 0 Å². The smallest absolute Gasteiger partial charge is 0.417 e. The van der Waals surface area contributed by atoms with E-state index in [0.29, 0.717) is 0 Å². The summed E-state index contributed by atoms with van der Waals surface area (Å²) in [6.45, 7) is 3.05. The third-order valence-corrected chi connectivity index (χ3v) is 4.30. The highest BCUT2D eigenvalue weighted by Gasteiger charge is 2.56. The Morgan fingerprint density at radius 2 is 1.84 bits per heavy atom. The first-order valence-electron chi connectivity index (χ1n) is 7.74. The first-order chi connectivity index (χ1) is 11.5. The lowest BCUT2D eigenvalue weighted by Crippen LogP contribution is -2.51. The molecule has 2 N–H and O–H groups in total. The van der Waals surface area contributed by atoms with Crippen LogP contribution in [0.25, 0.3) is 0 Å². The summed E-state index contributed by atoms with van der Waals surface area (Å²) >= 11 is 0. The van der Waals surface area contributed by atoms with Crippen molar-refractivity contribution in [3.8, 4) is 5.75 Å². The normalized spacial score (nSPS) is 15.0. The molecule has 0 saturated carbocycles. The molecule has 0 aliphatic heterocycles. The van der Waals surface area contributed by atoms with Gasteiger partial charge in [0.15, 0.2) is 5.60 Å². The minimum atomic E-state index is -4.85. The topological polar surface area (TPSA) is 45.2 Å². The fraction of sp³-hybridized carbons (Fsp3) is 0.444. The molecule has 0 aliphatic carbocycles. The number of nitrogens with one attached hydrogen (secondary N) is 1. The van der Waals surface area contributed by atoms with Crippen LogP contribution in [0.15, 0.2) is 36.5 Å². The third kappa shape index (κ3) is 4.15. The Labute approximate surface area is 143 Å². The molecule has 0 fully saturated rings. The van der Waals surface area contributed by atoms with E-state index in [1.165, 1.54) is 45.4 Å². The number of aliphatic hydroxyl groups is 1. The van der Waals surface area contributed by atoms with Crippen molar-refractivity contribution in [3.63, 3.8) is 0 Å². The van der Waals surface area contributed by atoms with E-state index in [-0.39, 0.29) is 17.0 Å². The molecular weight excluding hydrogens is 338 g/mol. The summed E-state index contributed by atoms with van der Waals surface area (Å²) in [5.74, 6) is -0.306. The van der Waals surface area contributed by atoms with Crippen molar-refractivity contribution < 1.29 is 27.4 Å². The highest BCUT2D eigenvalue weighted by Crippen LogP contribution is 2.44. The first kappa shape index (κ1) is 19.3. The summed E-state index contributed by atoms with van der Waals surface area (Å²) in [5, 5.41) is 10.5. The molecule has 1 heterocycles. The molecule has 2 aromatic rings. The molecule has 7 heteroatoms. The number of rotatable bonds is 6. The van der Waals surface area contributed by atoms with Gasteiger partial charge in [-0.05, 0) is 42.2 Å². The van der Waals surface area contributed by atoms with Crippen LogP contribution in [-0.4, -0.2) is 29.0 Å². The Balaban J connectivity index is 2.42. The van der Waals surface area contributed by atoms with Gasteiger partial charge in [-0.1, -0.05) is 13.8 Å². The second-order valence-electron chi connectivity index (χ2n) is 6.81. The zero-order valence-corrected chi connectivity index (χ0v) is 14.2. The molecule has 0 bridgehead atoms. The summed E-state index contributed by atoms with van der Waals surface area (Å²) in [4.78, 5) is 2.68. The SMILES string of the molecule is COc1ccc(F)cc1C(C)(C)CC(O)(Cc1ccc[nH]1)C(F)(F)F. The number of aromatic nitrogens is 1. The lowest BCUT2D eigenvalue weighted by atomic mass is 9.73. The molecule has 0 radical (unpaired) electrons. The Morgan fingerprint density at radius 3 is 2.36 bits per heavy atom. The van der Waals surface area contributed by atoms with Crippen molar-refractivity contribution in [1.82, 2.24) is 4.98 Å². The van der Waals surface area contributed by atoms with Gasteiger partial charge in [-0.15, -0.1) is 0 Å². The predicted octanol–water partition coefficient (Wildman–Crippen LogP) is 4.37. The zero-order chi connectivity index (χ0) is 18.9. The number of alkyl halides is 3. The maximum atomic E-state index is 13.6. The van der Waals surface area contributed by atoms with E-state index in [1.54, 1.807) is 6.07 Å². The van der Waals surface area contributed by atoms with Crippen molar-refractivity contribution in [2.45, 2.75) is 43.9 Å². The predicted molar refractivity (Wildman–Crippen MR) is 86.1 cm³/mol. The molecule has 25 heavy (non-hydrogen) atoms. The van der Waals surface area contributed by atoms with Gasteiger partial charge in [0.05, 0.1) is 7.11 Å². The van der Waals surface area contributed by atoms with E-state index < -0.39 is 35.9 Å². The zero-order valence-electron chi connectivity index (χ0n) is 14.2. The molecule has 2 rings (SSSR count). The van der Waals surface area contributed by atoms with Crippen LogP contribution in [0.1, 0.15) is 31.5 Å². The van der Waals surface area contributed by atoms with E-state index in [9.17, 15) is 22.7 Å². The highest BCUT2D eigenvalue weighted by atomic mass is 19.4. The molecule has 1 aromatic carbocycles. The maximum absolute atomic E-state index is 13.6. The number of hydrogen-bond acceptors (Lipinski definition) is 2. The minimum absolute atomic E-state index is 0.266. The van der Waals surface area contributed by atoms with Crippen molar-refractivity contribution in [3.05, 3.63) is 53.6 Å². The van der Waals surface area contributed by atoms with E-state index in [0.717, 1.165) is 6.07 Å². The van der Waals surface area contributed by atoms with Crippen LogP contribution >= 0.6 is 0 Å². The molecular formula is C18H21F4NO2. The van der Waals surface area contributed by atoms with Gasteiger partial charge in [0.1, 0.15) is 11.6 Å². The average Bonchev–Trinajstić information content (AvgIpc) is 2.98. The van der Waals surface area contributed by atoms with Crippen LogP contribution in [-0.2, 0) is 11.8 Å². The van der Waals surface area contributed by atoms with E-state index in [4.69, 9.17) is 4.74 Å². The molecule has 3 nitrogen and oxygen atoms in total. The van der Waals surface area contributed by atoms with Gasteiger partial charge in [-0.3, -0.25) is 0 Å². The standard InChI is InChI=1S/C18H21F4NO2/c1-16(2,14-9-12(19)6-7-15(14)25-3)11-17(24,18(20,21)22)10-13-5-4-8-23-13/h4-9,23-24H,10-11H2,1-3H3. The van der Waals surface area contributed by atoms with E-state index in [2.05, 4.69) is 4.98 Å². The fourth-order valence-corrected chi connectivity index (χ4v) is 3.09. The molecule has 1 unspecified atom stereocenters. The Bertz CT molecular complexity index is 710. The van der Waals surface area contributed by atoms with Crippen LogP contribution in [0.3, 0.4) is 0 Å². The summed E-state index contributed by atoms with van der Waals surface area (Å²) in [6, 6.07) is 6.72. The molecule has 0 aliphatic rings. The quantitative estimate of drug-likeness (QED) is 0.753. The number of H-pyrrole nitrogens is 1. The first-order valence-corrected chi connectivity index (χ1v) is 7.74. The van der Waals surface area contributed by atoms with Gasteiger partial charge in [-0.2, -0.15) is 13.2 Å². The van der Waals surface area contributed by atoms with Gasteiger partial charge in [-0.25, -0.2) is 4.39 Å². The Morgan fingerprint density at radius 1 is 1.16 bits per heavy atom. The minimum Gasteiger partial charge on any atom is -0.496 e. The van der Waals surface area contributed by atoms with Gasteiger partial charge in [0.25, 0.3) is 0 Å². The summed E-state index contributed by atoms with van der Waals surface area (Å²) in [7, 11) is 1.36. The number of ether oxygens (including phenoxy) is 1. The van der Waals surface area contributed by atoms with Crippen molar-refractivity contribution in [1.29, 1.82) is 0 Å². The van der Waals surface area contributed by atoms with E-state index >= 15 is 0 Å². The number of benzene rings is 1. The van der Waals surface area contributed by atoms with Crippen molar-refractivity contribution >= 4 is 0 Å². The van der Waals surface area contributed by atoms with Crippen molar-refractivity contribution in [2.75, 3.05) is 7.11 Å². The van der Waals surface area contributed by atoms with Crippen LogP contribution < -0.4 is 4.74 Å². The molecule has 0 amide bonds. The summed E-state index contributed by atoms with van der Waals surface area (Å²) in [5.41, 5.74) is -3.63. The molecule has 1 atom stereocenters. The number of halogens is 4. The largest absolute Gasteiger partial charge is 0.496 e. The van der Waals surface area contributed by atoms with Crippen LogP contribution in [0.5, 0.6) is 5.75 Å². The second kappa shape index (κ2) is 6.71. The Hall–Kier alpha value is -2.02. The lowest BCUT2D eigenvalue weighted by molar-refractivity contribution is -0.266. The summed E-state index contributed by atoms with van der Waals surface area (Å²) < 4.78 is 59.7. The molecule has 138 valence electrons. The summed E-state index contributed by atoms with van der Waals surface area (Å²) in [6.07, 6.45) is -4.63. The van der Waals surface area contributed by atoms with Crippen LogP contribution in [0, 0.1) is 5.82 Å².